The van der Waals surface area contributed by atoms with E-state index in [9.17, 15) is 31.7 Å². The van der Waals surface area contributed by atoms with Crippen LogP contribution in [-0.4, -0.2) is 39.9 Å². The molecule has 2 N–H and O–H groups in total. The quantitative estimate of drug-likeness (QED) is 0.140. The van der Waals surface area contributed by atoms with Crippen molar-refractivity contribution in [3.8, 4) is 5.75 Å². The third-order valence-electron chi connectivity index (χ3n) is 5.42. The molecule has 0 bridgehead atoms. The molecule has 14 heteroatoms. The molecule has 0 saturated carbocycles. The van der Waals surface area contributed by atoms with Gasteiger partial charge in [-0.1, -0.05) is 49.7 Å². The summed E-state index contributed by atoms with van der Waals surface area (Å²) in [6.07, 6.45) is 1.44. The van der Waals surface area contributed by atoms with Crippen LogP contribution in [0, 0.1) is 23.0 Å². The molecule has 0 unspecified atom stereocenters. The van der Waals surface area contributed by atoms with Crippen LogP contribution in [0.25, 0.3) is 0 Å². The van der Waals surface area contributed by atoms with E-state index in [2.05, 4.69) is 15.2 Å². The van der Waals surface area contributed by atoms with Crippen LogP contribution in [-0.2, 0) is 24.9 Å². The smallest absolute Gasteiger partial charge is 0.339 e. The van der Waals surface area contributed by atoms with Gasteiger partial charge in [0.1, 0.15) is 16.7 Å². The molecule has 0 spiro atoms. The van der Waals surface area contributed by atoms with Gasteiger partial charge in [-0.2, -0.15) is 18.2 Å². The van der Waals surface area contributed by atoms with Crippen LogP contribution in [0.15, 0.2) is 87.7 Å². The van der Waals surface area contributed by atoms with Crippen LogP contribution in [0.2, 0.25) is 0 Å². The first kappa shape index (κ1) is 30.4. The number of carbonyl (C=O) groups excluding carboxylic acids is 1. The Bertz CT molecular complexity index is 1620. The number of nitrogens with one attached hydrogen (secondary N) is 2. The predicted molar refractivity (Wildman–Crippen MR) is 148 cm³/mol. The highest BCUT2D eigenvalue weighted by Gasteiger charge is 2.26. The lowest BCUT2D eigenvalue weighted by molar-refractivity contribution is -0.385. The van der Waals surface area contributed by atoms with Crippen molar-refractivity contribution in [2.75, 3.05) is 0 Å². The summed E-state index contributed by atoms with van der Waals surface area (Å²) < 4.78 is 58.4. The van der Waals surface area contributed by atoms with Crippen molar-refractivity contribution < 1.29 is 30.7 Å². The molecule has 0 saturated heterocycles. The Morgan fingerprint density at radius 3 is 2.33 bits per heavy atom. The third-order valence-corrected chi connectivity index (χ3v) is 8.15. The molecule has 1 amide bonds. The zero-order valence-corrected chi connectivity index (χ0v) is 23.5. The molecule has 40 heavy (non-hydrogen) atoms. The topological polar surface area (TPSA) is 174 Å². The van der Waals surface area contributed by atoms with Gasteiger partial charge in [0.05, 0.1) is 16.0 Å². The minimum atomic E-state index is -4.37. The highest BCUT2D eigenvalue weighted by molar-refractivity contribution is 7.89. The van der Waals surface area contributed by atoms with E-state index in [1.54, 1.807) is 18.2 Å². The summed E-state index contributed by atoms with van der Waals surface area (Å²) in [5, 5.41) is 14.8. The Hall–Kier alpha value is -4.14. The fourth-order valence-electron chi connectivity index (χ4n) is 3.48. The molecule has 0 fully saturated rings. The predicted octanol–water partition coefficient (Wildman–Crippen LogP) is 3.51. The van der Waals surface area contributed by atoms with Crippen LogP contribution in [0.3, 0.4) is 0 Å². The summed E-state index contributed by atoms with van der Waals surface area (Å²) in [6.45, 7) is 5.52. The lowest BCUT2D eigenvalue weighted by Crippen LogP contribution is -2.46. The minimum absolute atomic E-state index is 0.0118. The second kappa shape index (κ2) is 12.8. The van der Waals surface area contributed by atoms with E-state index in [1.807, 2.05) is 20.8 Å². The van der Waals surface area contributed by atoms with Gasteiger partial charge in [-0.3, -0.25) is 14.9 Å². The SMILES string of the molecule is Cc1ccc(S(=O)(=O)N[C@H](CC(C)C)C(=O)N/N=C\c2cccc(OS(=O)(=O)c3cccc([N+](=O)[O-])c3)c2)cc1. The van der Waals surface area contributed by atoms with Crippen LogP contribution in [0.4, 0.5) is 5.69 Å². The number of rotatable bonds is 12. The number of aryl methyl sites for hydroxylation is 1. The molecule has 1 atom stereocenters. The number of hydrogen-bond donors (Lipinski definition) is 2. The van der Waals surface area contributed by atoms with Gasteiger partial charge in [-0.25, -0.2) is 13.8 Å². The molecular formula is C26H28N4O8S2. The summed E-state index contributed by atoms with van der Waals surface area (Å²) in [5.74, 6) is -0.783. The van der Waals surface area contributed by atoms with E-state index in [-0.39, 0.29) is 23.0 Å². The Kier molecular flexibility index (Phi) is 9.74. The average Bonchev–Trinajstić information content (AvgIpc) is 2.88. The van der Waals surface area contributed by atoms with Crippen LogP contribution in [0.5, 0.6) is 5.75 Å². The minimum Gasteiger partial charge on any atom is -0.379 e. The third kappa shape index (κ3) is 8.43. The first-order valence-corrected chi connectivity index (χ1v) is 14.9. The van der Waals surface area contributed by atoms with Gasteiger partial charge >= 0.3 is 10.1 Å². The van der Waals surface area contributed by atoms with E-state index in [0.717, 1.165) is 17.7 Å². The summed E-state index contributed by atoms with van der Waals surface area (Å²) in [7, 11) is -8.34. The first-order chi connectivity index (χ1) is 18.8. The standard InChI is InChI=1S/C26H28N4O8S2/c1-18(2)14-25(29-39(34,35)23-12-10-19(3)11-13-23)26(31)28-27-17-20-6-4-8-22(15-20)38-40(36,37)24-9-5-7-21(16-24)30(32)33/h4-13,15-18,25,29H,14H2,1-3H3,(H,28,31)/b27-17-/t25-/m1/s1. The number of nitrogens with zero attached hydrogens (tertiary/aromatic N) is 2. The fourth-order valence-corrected chi connectivity index (χ4v) is 5.65. The second-order valence-corrected chi connectivity index (χ2v) is 12.5. The number of hydrazone groups is 1. The van der Waals surface area contributed by atoms with Gasteiger partial charge in [0, 0.05) is 12.1 Å². The largest absolute Gasteiger partial charge is 0.379 e. The van der Waals surface area contributed by atoms with E-state index in [1.165, 1.54) is 48.7 Å². The molecular weight excluding hydrogens is 560 g/mol. The molecule has 12 nitrogen and oxygen atoms in total. The summed E-state index contributed by atoms with van der Waals surface area (Å²) in [4.78, 5) is 22.7. The highest BCUT2D eigenvalue weighted by Crippen LogP contribution is 2.22. The Morgan fingerprint density at radius 2 is 1.68 bits per heavy atom. The van der Waals surface area contributed by atoms with Crippen molar-refractivity contribution in [1.82, 2.24) is 10.1 Å². The summed E-state index contributed by atoms with van der Waals surface area (Å²) in [5.41, 5.74) is 3.15. The maximum absolute atomic E-state index is 12.8. The normalized spacial score (nSPS) is 12.8. The molecule has 3 rings (SSSR count). The van der Waals surface area contributed by atoms with Crippen molar-refractivity contribution >= 4 is 38.0 Å². The fraction of sp³-hybridized carbons (Fsp3) is 0.231. The Morgan fingerprint density at radius 1 is 1.00 bits per heavy atom. The molecule has 3 aromatic carbocycles. The summed E-state index contributed by atoms with van der Waals surface area (Å²) in [6, 6.07) is 15.3. The highest BCUT2D eigenvalue weighted by atomic mass is 32.2. The number of non-ortho nitro benzene ring substituents is 1. The average molecular weight is 589 g/mol. The Labute approximate surface area is 232 Å². The second-order valence-electron chi connectivity index (χ2n) is 9.22. The lowest BCUT2D eigenvalue weighted by atomic mass is 10.0. The van der Waals surface area contributed by atoms with Gasteiger partial charge in [0.2, 0.25) is 10.0 Å². The molecule has 212 valence electrons. The molecule has 3 aromatic rings. The molecule has 0 aliphatic heterocycles. The molecule has 0 radical (unpaired) electrons. The monoisotopic (exact) mass is 588 g/mol. The number of nitro groups is 1. The van der Waals surface area contributed by atoms with Gasteiger partial charge in [-0.15, -0.1) is 0 Å². The maximum atomic E-state index is 12.8. The van der Waals surface area contributed by atoms with Gasteiger partial charge in [-0.05, 0) is 55.2 Å². The molecule has 0 heterocycles. The first-order valence-electron chi connectivity index (χ1n) is 12.0. The Balaban J connectivity index is 1.70. The molecule has 0 aromatic heterocycles. The number of benzene rings is 3. The van der Waals surface area contributed by atoms with Crippen molar-refractivity contribution in [2.45, 2.75) is 43.0 Å². The zero-order valence-electron chi connectivity index (χ0n) is 21.8. The van der Waals surface area contributed by atoms with Crippen LogP contribution >= 0.6 is 0 Å². The van der Waals surface area contributed by atoms with Crippen LogP contribution < -0.4 is 14.3 Å². The summed E-state index contributed by atoms with van der Waals surface area (Å²) >= 11 is 0. The van der Waals surface area contributed by atoms with E-state index >= 15 is 0 Å². The van der Waals surface area contributed by atoms with E-state index in [0.29, 0.717) is 5.56 Å². The van der Waals surface area contributed by atoms with E-state index < -0.39 is 47.6 Å². The van der Waals surface area contributed by atoms with Crippen molar-refractivity contribution in [3.63, 3.8) is 0 Å². The molecule has 0 aliphatic rings. The van der Waals surface area contributed by atoms with Crippen molar-refractivity contribution in [2.24, 2.45) is 11.0 Å². The van der Waals surface area contributed by atoms with Crippen LogP contribution in [0.1, 0.15) is 31.4 Å². The lowest BCUT2D eigenvalue weighted by Gasteiger charge is -2.19. The number of amides is 1. The number of hydrogen-bond acceptors (Lipinski definition) is 9. The molecule has 0 aliphatic carbocycles. The van der Waals surface area contributed by atoms with Gasteiger partial charge < -0.3 is 4.18 Å². The maximum Gasteiger partial charge on any atom is 0.339 e. The van der Waals surface area contributed by atoms with Gasteiger partial charge in [0.15, 0.2) is 0 Å². The van der Waals surface area contributed by atoms with Crippen molar-refractivity contribution in [3.05, 3.63) is 94.0 Å². The number of carbonyl (C=O) groups is 1. The zero-order chi connectivity index (χ0) is 29.5. The van der Waals surface area contributed by atoms with Gasteiger partial charge in [0.25, 0.3) is 11.6 Å². The number of nitro benzene ring substituents is 1. The van der Waals surface area contributed by atoms with Crippen molar-refractivity contribution in [1.29, 1.82) is 0 Å². The van der Waals surface area contributed by atoms with E-state index in [4.69, 9.17) is 4.18 Å². The number of sulfonamides is 1.